The summed E-state index contributed by atoms with van der Waals surface area (Å²) in [5.41, 5.74) is 2.00. The van der Waals surface area contributed by atoms with Gasteiger partial charge in [-0.15, -0.1) is 0 Å². The molecule has 19 heavy (non-hydrogen) atoms. The third kappa shape index (κ3) is 4.54. The van der Waals surface area contributed by atoms with E-state index < -0.39 is 18.5 Å². The summed E-state index contributed by atoms with van der Waals surface area (Å²) < 4.78 is 4.61. The number of carbonyl (C=O) groups is 2. The first-order valence-electron chi connectivity index (χ1n) is 5.18. The van der Waals surface area contributed by atoms with Crippen LogP contribution in [0, 0.1) is 0 Å². The summed E-state index contributed by atoms with van der Waals surface area (Å²) in [6.07, 6.45) is 0. The van der Waals surface area contributed by atoms with E-state index >= 15 is 0 Å². The Morgan fingerprint density at radius 3 is 2.47 bits per heavy atom. The fourth-order valence-corrected chi connectivity index (χ4v) is 1.85. The number of carbonyl (C=O) groups excluding carboxylic acids is 2. The molecule has 0 saturated carbocycles. The summed E-state index contributed by atoms with van der Waals surface area (Å²) in [5, 5.41) is 0.305. The number of hydrogen-bond donors (Lipinski definition) is 1. The van der Waals surface area contributed by atoms with Crippen LogP contribution in [0.1, 0.15) is 17.3 Å². The number of benzene rings is 1. The first-order valence-corrected chi connectivity index (χ1v) is 6.32. The minimum absolute atomic E-state index is 0.00593. The molecule has 1 N–H and O–H groups in total. The third-order valence-corrected chi connectivity index (χ3v) is 3.05. The van der Waals surface area contributed by atoms with Crippen LogP contribution in [0.5, 0.6) is 0 Å². The first-order chi connectivity index (χ1) is 8.97. The molecule has 0 atom stereocenters. The molecule has 104 valence electrons. The number of esters is 1. The summed E-state index contributed by atoms with van der Waals surface area (Å²) in [6, 6.07) is 2.89. The summed E-state index contributed by atoms with van der Waals surface area (Å²) in [4.78, 5) is 27.4. The molecule has 5 nitrogen and oxygen atoms in total. The van der Waals surface area contributed by atoms with Crippen molar-refractivity contribution >= 4 is 46.7 Å². The van der Waals surface area contributed by atoms with Gasteiger partial charge in [0, 0.05) is 0 Å². The second-order valence-electron chi connectivity index (χ2n) is 3.24. The maximum atomic E-state index is 11.8. The molecule has 0 aliphatic carbocycles. The molecule has 0 saturated heterocycles. The van der Waals surface area contributed by atoms with Crippen molar-refractivity contribution in [3.63, 3.8) is 0 Å². The molecule has 0 aliphatic heterocycles. The first kappa shape index (κ1) is 16.0. The quantitative estimate of drug-likeness (QED) is 0.513. The van der Waals surface area contributed by atoms with E-state index in [1.807, 2.05) is 5.48 Å². The Labute approximate surface area is 124 Å². The lowest BCUT2D eigenvalue weighted by atomic mass is 10.2. The lowest BCUT2D eigenvalue weighted by Crippen LogP contribution is -2.28. The second kappa shape index (κ2) is 7.55. The molecule has 0 spiro atoms. The van der Waals surface area contributed by atoms with Crippen LogP contribution in [0.15, 0.2) is 12.1 Å². The van der Waals surface area contributed by atoms with Crippen molar-refractivity contribution in [1.82, 2.24) is 5.48 Å². The van der Waals surface area contributed by atoms with Crippen LogP contribution in [0.25, 0.3) is 0 Å². The fourth-order valence-electron chi connectivity index (χ4n) is 1.15. The zero-order valence-electron chi connectivity index (χ0n) is 9.84. The number of hydroxylamine groups is 1. The highest BCUT2D eigenvalue weighted by atomic mass is 35.5. The molecular formula is C11H10Cl3NO4. The van der Waals surface area contributed by atoms with Crippen molar-refractivity contribution in [3.05, 3.63) is 32.8 Å². The van der Waals surface area contributed by atoms with Crippen LogP contribution >= 0.6 is 34.8 Å². The topological polar surface area (TPSA) is 64.6 Å². The average molecular weight is 327 g/mol. The van der Waals surface area contributed by atoms with E-state index in [1.165, 1.54) is 12.1 Å². The van der Waals surface area contributed by atoms with Gasteiger partial charge in [-0.3, -0.25) is 9.63 Å². The average Bonchev–Trinajstić information content (AvgIpc) is 2.35. The van der Waals surface area contributed by atoms with Gasteiger partial charge in [0.15, 0.2) is 6.61 Å². The molecule has 1 amide bonds. The van der Waals surface area contributed by atoms with Crippen molar-refractivity contribution in [1.29, 1.82) is 0 Å². The monoisotopic (exact) mass is 325 g/mol. The SMILES string of the molecule is CCOC(=O)CONC(=O)c1c(Cl)ccc(Cl)c1Cl. The van der Waals surface area contributed by atoms with Gasteiger partial charge < -0.3 is 4.74 Å². The van der Waals surface area contributed by atoms with Gasteiger partial charge in [0.2, 0.25) is 0 Å². The summed E-state index contributed by atoms with van der Waals surface area (Å²) in [7, 11) is 0. The third-order valence-electron chi connectivity index (χ3n) is 1.93. The predicted molar refractivity (Wildman–Crippen MR) is 71.5 cm³/mol. The van der Waals surface area contributed by atoms with Crippen molar-refractivity contribution in [3.8, 4) is 0 Å². The van der Waals surface area contributed by atoms with Crippen LogP contribution in [0.4, 0.5) is 0 Å². The van der Waals surface area contributed by atoms with Gasteiger partial charge in [-0.25, -0.2) is 10.3 Å². The van der Waals surface area contributed by atoms with Gasteiger partial charge in [0.05, 0.1) is 27.2 Å². The maximum Gasteiger partial charge on any atom is 0.334 e. The molecule has 0 radical (unpaired) electrons. The van der Waals surface area contributed by atoms with Gasteiger partial charge in [0.25, 0.3) is 5.91 Å². The van der Waals surface area contributed by atoms with Crippen LogP contribution < -0.4 is 5.48 Å². The smallest absolute Gasteiger partial charge is 0.334 e. The summed E-state index contributed by atoms with van der Waals surface area (Å²) in [6.45, 7) is 1.46. The van der Waals surface area contributed by atoms with Crippen molar-refractivity contribution < 1.29 is 19.2 Å². The summed E-state index contributed by atoms with van der Waals surface area (Å²) in [5.74, 6) is -1.31. The second-order valence-corrected chi connectivity index (χ2v) is 4.44. The molecule has 1 aromatic rings. The highest BCUT2D eigenvalue weighted by Crippen LogP contribution is 2.31. The molecule has 1 aromatic carbocycles. The van der Waals surface area contributed by atoms with Crippen LogP contribution in [0.2, 0.25) is 15.1 Å². The molecule has 0 heterocycles. The number of amides is 1. The number of nitrogens with one attached hydrogen (secondary N) is 1. The van der Waals surface area contributed by atoms with Crippen molar-refractivity contribution in [2.24, 2.45) is 0 Å². The standard InChI is InChI=1S/C11H10Cl3NO4/c1-2-18-8(16)5-19-15-11(17)9-6(12)3-4-7(13)10(9)14/h3-4H,2,5H2,1H3,(H,15,17). The highest BCUT2D eigenvalue weighted by Gasteiger charge is 2.17. The van der Waals surface area contributed by atoms with Crippen molar-refractivity contribution in [2.75, 3.05) is 13.2 Å². The van der Waals surface area contributed by atoms with Crippen LogP contribution in [-0.4, -0.2) is 25.1 Å². The van der Waals surface area contributed by atoms with E-state index in [4.69, 9.17) is 34.8 Å². The Kier molecular flexibility index (Phi) is 6.37. The molecule has 0 aliphatic rings. The van der Waals surface area contributed by atoms with E-state index in [9.17, 15) is 9.59 Å². The van der Waals surface area contributed by atoms with Gasteiger partial charge in [-0.1, -0.05) is 34.8 Å². The zero-order valence-corrected chi connectivity index (χ0v) is 12.1. The van der Waals surface area contributed by atoms with Gasteiger partial charge >= 0.3 is 5.97 Å². The van der Waals surface area contributed by atoms with Gasteiger partial charge in [-0.05, 0) is 19.1 Å². The minimum atomic E-state index is -0.707. The molecule has 0 unspecified atom stereocenters. The zero-order chi connectivity index (χ0) is 14.4. The Morgan fingerprint density at radius 2 is 1.84 bits per heavy atom. The van der Waals surface area contributed by atoms with Crippen molar-refractivity contribution in [2.45, 2.75) is 6.92 Å². The molecule has 1 rings (SSSR count). The van der Waals surface area contributed by atoms with E-state index in [0.717, 1.165) is 0 Å². The Morgan fingerprint density at radius 1 is 1.21 bits per heavy atom. The van der Waals surface area contributed by atoms with Crippen LogP contribution in [0.3, 0.4) is 0 Å². The van der Waals surface area contributed by atoms with Gasteiger partial charge in [0.1, 0.15) is 0 Å². The molecular weight excluding hydrogens is 316 g/mol. The Hall–Kier alpha value is -1.01. The highest BCUT2D eigenvalue weighted by molar-refractivity contribution is 6.46. The van der Waals surface area contributed by atoms with Gasteiger partial charge in [-0.2, -0.15) is 0 Å². The minimum Gasteiger partial charge on any atom is -0.464 e. The molecule has 0 bridgehead atoms. The largest absolute Gasteiger partial charge is 0.464 e. The van der Waals surface area contributed by atoms with E-state index in [-0.39, 0.29) is 27.2 Å². The Balaban J connectivity index is 2.64. The van der Waals surface area contributed by atoms with E-state index in [1.54, 1.807) is 6.92 Å². The van der Waals surface area contributed by atoms with E-state index in [0.29, 0.717) is 0 Å². The Bertz CT molecular complexity index is 493. The lowest BCUT2D eigenvalue weighted by Gasteiger charge is -2.09. The normalized spacial score (nSPS) is 10.1. The number of rotatable bonds is 5. The van der Waals surface area contributed by atoms with E-state index in [2.05, 4.69) is 9.57 Å². The number of ether oxygens (including phenoxy) is 1. The number of hydrogen-bond acceptors (Lipinski definition) is 4. The molecule has 0 fully saturated rings. The van der Waals surface area contributed by atoms with Crippen LogP contribution in [-0.2, 0) is 14.4 Å². The lowest BCUT2D eigenvalue weighted by molar-refractivity contribution is -0.150. The predicted octanol–water partition coefficient (Wildman–Crippen LogP) is 2.87. The number of halogens is 3. The molecule has 0 aromatic heterocycles. The maximum absolute atomic E-state index is 11.8. The summed E-state index contributed by atoms with van der Waals surface area (Å²) >= 11 is 17.5. The fraction of sp³-hybridized carbons (Fsp3) is 0.273. The molecule has 8 heteroatoms.